The third-order valence-corrected chi connectivity index (χ3v) is 6.87. The van der Waals surface area contributed by atoms with Crippen molar-refractivity contribution in [1.29, 1.82) is 0 Å². The van der Waals surface area contributed by atoms with Gasteiger partial charge in [0, 0.05) is 38.5 Å². The van der Waals surface area contributed by atoms with Gasteiger partial charge in [0.15, 0.2) is 0 Å². The van der Waals surface area contributed by atoms with Crippen LogP contribution < -0.4 is 5.32 Å². The Morgan fingerprint density at radius 3 is 2.31 bits per heavy atom. The van der Waals surface area contributed by atoms with Gasteiger partial charge in [0.2, 0.25) is 11.8 Å². The molecule has 5 amide bonds. The summed E-state index contributed by atoms with van der Waals surface area (Å²) < 4.78 is 0. The van der Waals surface area contributed by atoms with E-state index in [-0.39, 0.29) is 35.7 Å². The highest BCUT2D eigenvalue weighted by Gasteiger charge is 2.54. The van der Waals surface area contributed by atoms with Crippen LogP contribution in [-0.4, -0.2) is 76.2 Å². The van der Waals surface area contributed by atoms with E-state index < -0.39 is 5.54 Å². The molecule has 1 spiro atoms. The van der Waals surface area contributed by atoms with Crippen molar-refractivity contribution in [1.82, 2.24) is 20.0 Å². The highest BCUT2D eigenvalue weighted by atomic mass is 16.2. The molecule has 0 saturated carbocycles. The van der Waals surface area contributed by atoms with Gasteiger partial charge < -0.3 is 15.1 Å². The molecule has 3 aliphatic heterocycles. The first-order valence-corrected chi connectivity index (χ1v) is 11.1. The Balaban J connectivity index is 1.68. The summed E-state index contributed by atoms with van der Waals surface area (Å²) in [5, 5.41) is 2.93. The van der Waals surface area contributed by atoms with Crippen molar-refractivity contribution >= 4 is 23.8 Å². The SMILES string of the molecule is CCC(=O)N1CCC2(CC1)NC(=O)N([C@@H]1CCCN(C(=O)C(CC)CC)C1)C2=O. The van der Waals surface area contributed by atoms with Crippen LogP contribution in [0.3, 0.4) is 0 Å². The van der Waals surface area contributed by atoms with Crippen LogP contribution in [0.4, 0.5) is 4.79 Å². The fourth-order valence-electron chi connectivity index (χ4n) is 4.93. The topological polar surface area (TPSA) is 90.0 Å². The van der Waals surface area contributed by atoms with E-state index in [4.69, 9.17) is 0 Å². The molecule has 0 aliphatic carbocycles. The molecule has 3 fully saturated rings. The Labute approximate surface area is 172 Å². The molecule has 0 aromatic carbocycles. The molecule has 0 unspecified atom stereocenters. The minimum absolute atomic E-state index is 0.00336. The molecule has 8 nitrogen and oxygen atoms in total. The largest absolute Gasteiger partial charge is 0.343 e. The van der Waals surface area contributed by atoms with Crippen molar-refractivity contribution in [2.45, 2.75) is 77.3 Å². The van der Waals surface area contributed by atoms with Crippen LogP contribution in [0.2, 0.25) is 0 Å². The van der Waals surface area contributed by atoms with Gasteiger partial charge in [-0.15, -0.1) is 0 Å². The summed E-state index contributed by atoms with van der Waals surface area (Å²) in [7, 11) is 0. The van der Waals surface area contributed by atoms with Gasteiger partial charge in [-0.2, -0.15) is 0 Å². The zero-order valence-electron chi connectivity index (χ0n) is 17.9. The lowest BCUT2D eigenvalue weighted by Gasteiger charge is -2.39. The molecule has 3 saturated heterocycles. The normalized spacial score (nSPS) is 24.4. The number of imide groups is 1. The lowest BCUT2D eigenvalue weighted by molar-refractivity contribution is -0.142. The predicted octanol–water partition coefficient (Wildman–Crippen LogP) is 1.74. The summed E-state index contributed by atoms with van der Waals surface area (Å²) >= 11 is 0. The van der Waals surface area contributed by atoms with Gasteiger partial charge in [0.1, 0.15) is 5.54 Å². The van der Waals surface area contributed by atoms with Crippen molar-refractivity contribution in [3.05, 3.63) is 0 Å². The number of hydrogen-bond donors (Lipinski definition) is 1. The zero-order chi connectivity index (χ0) is 21.2. The Kier molecular flexibility index (Phi) is 6.49. The van der Waals surface area contributed by atoms with Crippen molar-refractivity contribution in [2.24, 2.45) is 5.92 Å². The number of amides is 5. The summed E-state index contributed by atoms with van der Waals surface area (Å²) in [5.74, 6) is 0.0285. The van der Waals surface area contributed by atoms with E-state index in [0.29, 0.717) is 45.4 Å². The van der Waals surface area contributed by atoms with Gasteiger partial charge in [-0.25, -0.2) is 4.79 Å². The standard InChI is InChI=1S/C21H34N4O4/c1-4-15(5-2)18(27)24-11-7-8-16(14-24)25-19(28)21(22-20(25)29)9-12-23(13-10-21)17(26)6-3/h15-16H,4-14H2,1-3H3,(H,22,29)/t16-/m1/s1. The molecule has 8 heteroatoms. The fourth-order valence-corrected chi connectivity index (χ4v) is 4.93. The second-order valence-electron chi connectivity index (χ2n) is 8.52. The second kappa shape index (κ2) is 8.71. The minimum atomic E-state index is -0.900. The number of likely N-dealkylation sites (tertiary alicyclic amines) is 2. The first kappa shape index (κ1) is 21.6. The van der Waals surface area contributed by atoms with E-state index in [0.717, 1.165) is 25.7 Å². The summed E-state index contributed by atoms with van der Waals surface area (Å²) in [5.41, 5.74) is -0.900. The van der Waals surface area contributed by atoms with Crippen molar-refractivity contribution in [2.75, 3.05) is 26.2 Å². The van der Waals surface area contributed by atoms with Crippen LogP contribution in [-0.2, 0) is 14.4 Å². The van der Waals surface area contributed by atoms with Gasteiger partial charge in [0.25, 0.3) is 5.91 Å². The molecule has 1 atom stereocenters. The van der Waals surface area contributed by atoms with E-state index in [2.05, 4.69) is 5.32 Å². The maximum Gasteiger partial charge on any atom is 0.325 e. The third-order valence-electron chi connectivity index (χ3n) is 6.87. The van der Waals surface area contributed by atoms with Gasteiger partial charge in [-0.3, -0.25) is 19.3 Å². The Hall–Kier alpha value is -2.12. The average molecular weight is 407 g/mol. The number of carbonyl (C=O) groups is 4. The van der Waals surface area contributed by atoms with Crippen LogP contribution in [0.1, 0.15) is 65.7 Å². The molecule has 0 aromatic heterocycles. The van der Waals surface area contributed by atoms with Crippen molar-refractivity contribution in [3.8, 4) is 0 Å². The number of urea groups is 1. The molecular formula is C21H34N4O4. The maximum atomic E-state index is 13.3. The second-order valence-corrected chi connectivity index (χ2v) is 8.52. The number of carbonyl (C=O) groups excluding carboxylic acids is 4. The number of rotatable bonds is 5. The molecule has 1 N–H and O–H groups in total. The first-order valence-electron chi connectivity index (χ1n) is 11.1. The quantitative estimate of drug-likeness (QED) is 0.704. The highest BCUT2D eigenvalue weighted by molar-refractivity contribution is 6.07. The molecule has 0 aromatic rings. The number of hydrogen-bond acceptors (Lipinski definition) is 4. The van der Waals surface area contributed by atoms with E-state index in [1.807, 2.05) is 25.7 Å². The van der Waals surface area contributed by atoms with E-state index >= 15 is 0 Å². The summed E-state index contributed by atoms with van der Waals surface area (Å²) in [6.45, 7) is 7.94. The lowest BCUT2D eigenvalue weighted by Crippen LogP contribution is -2.57. The molecule has 29 heavy (non-hydrogen) atoms. The van der Waals surface area contributed by atoms with Gasteiger partial charge >= 0.3 is 6.03 Å². The molecule has 3 heterocycles. The predicted molar refractivity (Wildman–Crippen MR) is 108 cm³/mol. The smallest absolute Gasteiger partial charge is 0.325 e. The molecule has 3 aliphatic rings. The number of nitrogens with zero attached hydrogens (tertiary/aromatic N) is 3. The van der Waals surface area contributed by atoms with Gasteiger partial charge in [-0.05, 0) is 38.5 Å². The first-order chi connectivity index (χ1) is 13.9. The molecule has 0 bridgehead atoms. The van der Waals surface area contributed by atoms with Crippen LogP contribution >= 0.6 is 0 Å². The number of piperidine rings is 2. The molecular weight excluding hydrogens is 372 g/mol. The van der Waals surface area contributed by atoms with Crippen LogP contribution in [0.15, 0.2) is 0 Å². The van der Waals surface area contributed by atoms with E-state index in [1.54, 1.807) is 4.90 Å². The molecule has 3 rings (SSSR count). The van der Waals surface area contributed by atoms with E-state index in [1.165, 1.54) is 4.90 Å². The molecule has 0 radical (unpaired) electrons. The zero-order valence-corrected chi connectivity index (χ0v) is 17.9. The summed E-state index contributed by atoms with van der Waals surface area (Å²) in [6, 6.07) is -0.628. The third kappa shape index (κ3) is 3.98. The fraction of sp³-hybridized carbons (Fsp3) is 0.810. The monoisotopic (exact) mass is 406 g/mol. The summed E-state index contributed by atoms with van der Waals surface area (Å²) in [6.07, 6.45) is 4.46. The van der Waals surface area contributed by atoms with Gasteiger partial charge in [-0.1, -0.05) is 20.8 Å². The Bertz CT molecular complexity index is 668. The van der Waals surface area contributed by atoms with Gasteiger partial charge in [0.05, 0.1) is 6.04 Å². The average Bonchev–Trinajstić information content (AvgIpc) is 2.98. The Morgan fingerprint density at radius 2 is 1.72 bits per heavy atom. The maximum absolute atomic E-state index is 13.3. The number of nitrogens with one attached hydrogen (secondary N) is 1. The Morgan fingerprint density at radius 1 is 1.07 bits per heavy atom. The lowest BCUT2D eigenvalue weighted by atomic mass is 9.87. The van der Waals surface area contributed by atoms with Crippen molar-refractivity contribution in [3.63, 3.8) is 0 Å². The van der Waals surface area contributed by atoms with Crippen LogP contribution in [0.5, 0.6) is 0 Å². The minimum Gasteiger partial charge on any atom is -0.343 e. The van der Waals surface area contributed by atoms with Crippen molar-refractivity contribution < 1.29 is 19.2 Å². The summed E-state index contributed by atoms with van der Waals surface area (Å²) in [4.78, 5) is 55.8. The highest BCUT2D eigenvalue weighted by Crippen LogP contribution is 2.33. The van der Waals surface area contributed by atoms with E-state index in [9.17, 15) is 19.2 Å². The van der Waals surface area contributed by atoms with Crippen LogP contribution in [0, 0.1) is 5.92 Å². The molecule has 162 valence electrons. The van der Waals surface area contributed by atoms with Crippen LogP contribution in [0.25, 0.3) is 0 Å².